The lowest BCUT2D eigenvalue weighted by molar-refractivity contribution is -0.119. The van der Waals surface area contributed by atoms with Crippen molar-refractivity contribution in [1.29, 1.82) is 0 Å². The second-order valence-electron chi connectivity index (χ2n) is 3.31. The maximum atomic E-state index is 11.6. The van der Waals surface area contributed by atoms with E-state index in [9.17, 15) is 4.79 Å². The van der Waals surface area contributed by atoms with E-state index in [4.69, 9.17) is 4.74 Å². The lowest BCUT2D eigenvalue weighted by Gasteiger charge is -2.18. The number of ketones is 1. The van der Waals surface area contributed by atoms with Crippen LogP contribution >= 0.6 is 0 Å². The maximum absolute atomic E-state index is 11.6. The summed E-state index contributed by atoms with van der Waals surface area (Å²) in [6.07, 6.45) is 4.06. The van der Waals surface area contributed by atoms with Gasteiger partial charge in [-0.15, -0.1) is 11.8 Å². The Labute approximate surface area is 85.3 Å². The van der Waals surface area contributed by atoms with Gasteiger partial charge in [0.05, 0.1) is 12.4 Å². The Hall–Kier alpha value is -1.23. The summed E-state index contributed by atoms with van der Waals surface area (Å²) in [6.45, 7) is 4.37. The first-order valence-electron chi connectivity index (χ1n) is 5.04. The molecule has 1 rings (SSSR count). The Morgan fingerprint density at radius 2 is 2.43 bits per heavy atom. The molecule has 0 saturated heterocycles. The minimum atomic E-state index is 0.0895. The van der Waals surface area contributed by atoms with Crippen LogP contribution in [0.15, 0.2) is 11.8 Å². The van der Waals surface area contributed by atoms with Crippen LogP contribution in [0.25, 0.3) is 0 Å². The Kier molecular flexibility index (Phi) is 4.25. The van der Waals surface area contributed by atoms with Crippen LogP contribution < -0.4 is 0 Å². The Bertz CT molecular complexity index is 291. The molecule has 0 aromatic heterocycles. The van der Waals surface area contributed by atoms with Crippen LogP contribution in [0.2, 0.25) is 0 Å². The van der Waals surface area contributed by atoms with E-state index in [2.05, 4.69) is 11.8 Å². The molecule has 1 aliphatic rings. The molecule has 0 spiro atoms. The normalized spacial score (nSPS) is 20.9. The smallest absolute Gasteiger partial charge is 0.163 e. The highest BCUT2D eigenvalue weighted by Crippen LogP contribution is 2.23. The molecule has 0 N–H and O–H groups in total. The minimum absolute atomic E-state index is 0.0895. The van der Waals surface area contributed by atoms with Gasteiger partial charge in [0.15, 0.2) is 5.78 Å². The maximum Gasteiger partial charge on any atom is 0.163 e. The van der Waals surface area contributed by atoms with Gasteiger partial charge in [0.1, 0.15) is 0 Å². The van der Waals surface area contributed by atoms with Crippen molar-refractivity contribution in [1.82, 2.24) is 0 Å². The SMILES string of the molecule is CC#CCC1CCC(OCC)=CC1=O. The van der Waals surface area contributed by atoms with Crippen molar-refractivity contribution in [3.8, 4) is 11.8 Å². The molecule has 0 aromatic carbocycles. The van der Waals surface area contributed by atoms with Crippen LogP contribution in [0, 0.1) is 17.8 Å². The van der Waals surface area contributed by atoms with Gasteiger partial charge in [0.2, 0.25) is 0 Å². The summed E-state index contributed by atoms with van der Waals surface area (Å²) in [5.74, 6) is 6.86. The molecule has 2 nitrogen and oxygen atoms in total. The lowest BCUT2D eigenvalue weighted by Crippen LogP contribution is -2.17. The number of carbonyl (C=O) groups is 1. The fraction of sp³-hybridized carbons (Fsp3) is 0.583. The van der Waals surface area contributed by atoms with Crippen LogP contribution in [-0.2, 0) is 9.53 Å². The van der Waals surface area contributed by atoms with E-state index in [0.29, 0.717) is 13.0 Å². The number of ether oxygens (including phenoxy) is 1. The first-order valence-corrected chi connectivity index (χ1v) is 5.04. The molecule has 1 unspecified atom stereocenters. The first-order chi connectivity index (χ1) is 6.77. The topological polar surface area (TPSA) is 26.3 Å². The summed E-state index contributed by atoms with van der Waals surface area (Å²) in [6, 6.07) is 0. The van der Waals surface area contributed by atoms with Crippen molar-refractivity contribution < 1.29 is 9.53 Å². The molecule has 0 radical (unpaired) electrons. The van der Waals surface area contributed by atoms with Gasteiger partial charge in [-0.2, -0.15) is 0 Å². The number of hydrogen-bond donors (Lipinski definition) is 0. The van der Waals surface area contributed by atoms with Gasteiger partial charge in [0.25, 0.3) is 0 Å². The molecule has 0 bridgehead atoms. The van der Waals surface area contributed by atoms with E-state index in [1.165, 1.54) is 0 Å². The van der Waals surface area contributed by atoms with Crippen molar-refractivity contribution in [2.75, 3.05) is 6.61 Å². The quantitative estimate of drug-likeness (QED) is 0.641. The van der Waals surface area contributed by atoms with Crippen molar-refractivity contribution in [2.45, 2.75) is 33.1 Å². The van der Waals surface area contributed by atoms with Crippen molar-refractivity contribution in [2.24, 2.45) is 5.92 Å². The molecule has 14 heavy (non-hydrogen) atoms. The molecule has 0 fully saturated rings. The standard InChI is InChI=1S/C12H16O2/c1-3-5-6-10-7-8-11(14-4-2)9-12(10)13/h9-10H,4,6-8H2,1-2H3. The summed E-state index contributed by atoms with van der Waals surface area (Å²) in [5.41, 5.74) is 0. The largest absolute Gasteiger partial charge is 0.498 e. The second kappa shape index (κ2) is 5.49. The number of rotatable bonds is 3. The lowest BCUT2D eigenvalue weighted by atomic mass is 9.89. The van der Waals surface area contributed by atoms with Gasteiger partial charge < -0.3 is 4.74 Å². The molecular weight excluding hydrogens is 176 g/mol. The Morgan fingerprint density at radius 1 is 1.64 bits per heavy atom. The second-order valence-corrected chi connectivity index (χ2v) is 3.31. The van der Waals surface area contributed by atoms with E-state index in [1.807, 2.05) is 6.92 Å². The van der Waals surface area contributed by atoms with Gasteiger partial charge in [-0.1, -0.05) is 0 Å². The zero-order chi connectivity index (χ0) is 10.4. The third-order valence-corrected chi connectivity index (χ3v) is 2.30. The fourth-order valence-corrected chi connectivity index (χ4v) is 1.53. The number of carbonyl (C=O) groups excluding carboxylic acids is 1. The summed E-state index contributed by atoms with van der Waals surface area (Å²) in [4.78, 5) is 11.6. The average Bonchev–Trinajstić information content (AvgIpc) is 2.17. The minimum Gasteiger partial charge on any atom is -0.498 e. The predicted molar refractivity (Wildman–Crippen MR) is 55.5 cm³/mol. The fourth-order valence-electron chi connectivity index (χ4n) is 1.53. The van der Waals surface area contributed by atoms with Gasteiger partial charge in [-0.3, -0.25) is 4.79 Å². The average molecular weight is 192 g/mol. The van der Waals surface area contributed by atoms with E-state index in [-0.39, 0.29) is 11.7 Å². The van der Waals surface area contributed by atoms with Crippen molar-refractivity contribution >= 4 is 5.78 Å². The van der Waals surface area contributed by atoms with E-state index in [0.717, 1.165) is 18.6 Å². The van der Waals surface area contributed by atoms with Gasteiger partial charge in [-0.05, 0) is 20.3 Å². The van der Waals surface area contributed by atoms with Crippen LogP contribution in [-0.4, -0.2) is 12.4 Å². The number of hydrogen-bond acceptors (Lipinski definition) is 2. The molecule has 1 atom stereocenters. The third kappa shape index (κ3) is 2.92. The Morgan fingerprint density at radius 3 is 3.00 bits per heavy atom. The molecular formula is C12H16O2. The molecule has 0 aromatic rings. The molecule has 0 saturated carbocycles. The van der Waals surface area contributed by atoms with Gasteiger partial charge >= 0.3 is 0 Å². The highest BCUT2D eigenvalue weighted by Gasteiger charge is 2.21. The highest BCUT2D eigenvalue weighted by molar-refractivity contribution is 5.93. The molecule has 2 heteroatoms. The predicted octanol–water partition coefficient (Wildman–Crippen LogP) is 2.30. The van der Waals surface area contributed by atoms with Gasteiger partial charge in [-0.25, -0.2) is 0 Å². The van der Waals surface area contributed by atoms with E-state index in [1.54, 1.807) is 13.0 Å². The van der Waals surface area contributed by atoms with Crippen molar-refractivity contribution in [3.05, 3.63) is 11.8 Å². The monoisotopic (exact) mass is 192 g/mol. The van der Waals surface area contributed by atoms with Crippen molar-refractivity contribution in [3.63, 3.8) is 0 Å². The zero-order valence-corrected chi connectivity index (χ0v) is 8.80. The molecule has 1 aliphatic carbocycles. The van der Waals surface area contributed by atoms with E-state index < -0.39 is 0 Å². The van der Waals surface area contributed by atoms with Crippen LogP contribution in [0.3, 0.4) is 0 Å². The summed E-state index contributed by atoms with van der Waals surface area (Å²) in [7, 11) is 0. The number of allylic oxidation sites excluding steroid dienone is 2. The van der Waals surface area contributed by atoms with Crippen LogP contribution in [0.4, 0.5) is 0 Å². The molecule has 0 heterocycles. The van der Waals surface area contributed by atoms with Crippen LogP contribution in [0.5, 0.6) is 0 Å². The zero-order valence-electron chi connectivity index (χ0n) is 8.80. The molecule has 0 amide bonds. The third-order valence-electron chi connectivity index (χ3n) is 2.30. The summed E-state index contributed by atoms with van der Waals surface area (Å²) >= 11 is 0. The molecule has 76 valence electrons. The van der Waals surface area contributed by atoms with Gasteiger partial charge in [0, 0.05) is 24.8 Å². The highest BCUT2D eigenvalue weighted by atomic mass is 16.5. The molecule has 0 aliphatic heterocycles. The van der Waals surface area contributed by atoms with E-state index >= 15 is 0 Å². The first kappa shape index (κ1) is 10.8. The summed E-state index contributed by atoms with van der Waals surface area (Å²) < 4.78 is 5.31. The van der Waals surface area contributed by atoms with Crippen LogP contribution in [0.1, 0.15) is 33.1 Å². The Balaban J connectivity index is 2.54. The summed E-state index contributed by atoms with van der Waals surface area (Å²) in [5, 5.41) is 0.